The molecule has 0 fully saturated rings. The van der Waals surface area contributed by atoms with Gasteiger partial charge in [-0.3, -0.25) is 4.79 Å². The first-order chi connectivity index (χ1) is 8.62. The van der Waals surface area contributed by atoms with Crippen LogP contribution in [0.15, 0.2) is 30.4 Å². The van der Waals surface area contributed by atoms with Gasteiger partial charge in [-0.2, -0.15) is 9.37 Å². The minimum absolute atomic E-state index is 0.00310. The van der Waals surface area contributed by atoms with Crippen molar-refractivity contribution in [2.75, 3.05) is 6.61 Å². The monoisotopic (exact) mass is 251 g/mol. The molecule has 1 unspecified atom stereocenters. The Morgan fingerprint density at radius 1 is 1.50 bits per heavy atom. The zero-order valence-electron chi connectivity index (χ0n) is 9.80. The number of carbonyl (C=O) groups is 1. The average molecular weight is 251 g/mol. The van der Waals surface area contributed by atoms with Gasteiger partial charge in [0.1, 0.15) is 12.0 Å². The van der Waals surface area contributed by atoms with E-state index in [0.29, 0.717) is 19.3 Å². The molecule has 0 aromatic carbocycles. The minimum Gasteiger partial charge on any atom is -0.481 e. The van der Waals surface area contributed by atoms with Crippen LogP contribution >= 0.6 is 0 Å². The summed E-state index contributed by atoms with van der Waals surface area (Å²) in [4.78, 5) is 14.9. The SMILES string of the molecule is O=C(O)C1(COc2cccc(F)n2)CC=CCC1. The minimum atomic E-state index is -0.928. The number of carboxylic acid groups (broad SMARTS) is 1. The van der Waals surface area contributed by atoms with Gasteiger partial charge in [-0.05, 0) is 25.3 Å². The van der Waals surface area contributed by atoms with Gasteiger partial charge in [0.05, 0.1) is 0 Å². The third kappa shape index (κ3) is 2.67. The zero-order valence-corrected chi connectivity index (χ0v) is 9.80. The number of hydrogen-bond donors (Lipinski definition) is 1. The molecule has 5 heteroatoms. The molecule has 2 rings (SSSR count). The van der Waals surface area contributed by atoms with Crippen LogP contribution in [0.5, 0.6) is 5.88 Å². The predicted molar refractivity (Wildman–Crippen MR) is 62.7 cm³/mol. The summed E-state index contributed by atoms with van der Waals surface area (Å²) in [6.07, 6.45) is 5.47. The molecule has 18 heavy (non-hydrogen) atoms. The third-order valence-corrected chi connectivity index (χ3v) is 3.10. The lowest BCUT2D eigenvalue weighted by molar-refractivity contribution is -0.151. The van der Waals surface area contributed by atoms with Crippen LogP contribution in [0.25, 0.3) is 0 Å². The number of ether oxygens (including phenoxy) is 1. The van der Waals surface area contributed by atoms with E-state index in [1.807, 2.05) is 12.2 Å². The first kappa shape index (κ1) is 12.5. The van der Waals surface area contributed by atoms with E-state index in [4.69, 9.17) is 4.74 Å². The highest BCUT2D eigenvalue weighted by Gasteiger charge is 2.39. The van der Waals surface area contributed by atoms with E-state index in [-0.39, 0.29) is 12.5 Å². The first-order valence-corrected chi connectivity index (χ1v) is 5.76. The highest BCUT2D eigenvalue weighted by atomic mass is 19.1. The number of halogens is 1. The molecule has 0 saturated heterocycles. The molecule has 1 heterocycles. The number of aromatic nitrogens is 1. The summed E-state index contributed by atoms with van der Waals surface area (Å²) in [7, 11) is 0. The fraction of sp³-hybridized carbons (Fsp3) is 0.385. The Morgan fingerprint density at radius 3 is 2.94 bits per heavy atom. The Labute approximate surface area is 104 Å². The summed E-state index contributed by atoms with van der Waals surface area (Å²) in [5, 5.41) is 9.31. The number of hydrogen-bond acceptors (Lipinski definition) is 3. The molecule has 1 N–H and O–H groups in total. The number of aliphatic carboxylic acids is 1. The molecular weight excluding hydrogens is 237 g/mol. The molecule has 1 aromatic heterocycles. The lowest BCUT2D eigenvalue weighted by atomic mass is 9.78. The molecule has 0 aliphatic heterocycles. The lowest BCUT2D eigenvalue weighted by Crippen LogP contribution is -2.38. The molecular formula is C13H14FNO3. The van der Waals surface area contributed by atoms with Gasteiger partial charge in [-0.1, -0.05) is 18.2 Å². The van der Waals surface area contributed by atoms with Crippen molar-refractivity contribution in [3.8, 4) is 5.88 Å². The number of carboxylic acids is 1. The van der Waals surface area contributed by atoms with Crippen molar-refractivity contribution in [2.45, 2.75) is 19.3 Å². The average Bonchev–Trinajstić information content (AvgIpc) is 2.37. The van der Waals surface area contributed by atoms with E-state index in [1.54, 1.807) is 0 Å². The normalized spacial score (nSPS) is 22.7. The fourth-order valence-electron chi connectivity index (χ4n) is 1.96. The van der Waals surface area contributed by atoms with E-state index >= 15 is 0 Å². The molecule has 1 aliphatic carbocycles. The van der Waals surface area contributed by atoms with Gasteiger partial charge in [0.2, 0.25) is 11.8 Å². The second-order valence-corrected chi connectivity index (χ2v) is 4.39. The van der Waals surface area contributed by atoms with E-state index in [9.17, 15) is 14.3 Å². The van der Waals surface area contributed by atoms with Gasteiger partial charge >= 0.3 is 5.97 Å². The smallest absolute Gasteiger partial charge is 0.313 e. The van der Waals surface area contributed by atoms with Crippen molar-refractivity contribution in [2.24, 2.45) is 5.41 Å². The number of nitrogens with zero attached hydrogens (tertiary/aromatic N) is 1. The zero-order chi connectivity index (χ0) is 13.0. The first-order valence-electron chi connectivity index (χ1n) is 5.76. The van der Waals surface area contributed by atoms with Crippen LogP contribution in [0.4, 0.5) is 4.39 Å². The Kier molecular flexibility index (Phi) is 3.60. The molecule has 0 bridgehead atoms. The van der Waals surface area contributed by atoms with Crippen molar-refractivity contribution in [3.63, 3.8) is 0 Å². The van der Waals surface area contributed by atoms with Gasteiger partial charge in [0, 0.05) is 6.07 Å². The summed E-state index contributed by atoms with van der Waals surface area (Å²) < 4.78 is 18.2. The Bertz CT molecular complexity index is 475. The predicted octanol–water partition coefficient (Wildman–Crippen LogP) is 2.41. The Morgan fingerprint density at radius 2 is 2.33 bits per heavy atom. The van der Waals surface area contributed by atoms with Crippen LogP contribution in [-0.2, 0) is 4.79 Å². The molecule has 4 nitrogen and oxygen atoms in total. The number of rotatable bonds is 4. The van der Waals surface area contributed by atoms with Crippen LogP contribution < -0.4 is 4.74 Å². The van der Waals surface area contributed by atoms with E-state index < -0.39 is 17.3 Å². The standard InChI is InChI=1S/C13H14FNO3/c14-10-5-4-6-11(15-10)18-9-13(12(16)17)7-2-1-3-8-13/h1-2,4-6H,3,7-9H2,(H,16,17). The van der Waals surface area contributed by atoms with E-state index in [0.717, 1.165) is 0 Å². The molecule has 0 amide bonds. The van der Waals surface area contributed by atoms with Gasteiger partial charge in [-0.25, -0.2) is 0 Å². The van der Waals surface area contributed by atoms with Gasteiger partial charge in [0.15, 0.2) is 0 Å². The summed E-state index contributed by atoms with van der Waals surface area (Å²) in [5.74, 6) is -1.41. The maximum atomic E-state index is 12.9. The summed E-state index contributed by atoms with van der Waals surface area (Å²) in [6.45, 7) is 0.00310. The third-order valence-electron chi connectivity index (χ3n) is 3.10. The fourth-order valence-corrected chi connectivity index (χ4v) is 1.96. The van der Waals surface area contributed by atoms with Crippen molar-refractivity contribution in [1.29, 1.82) is 0 Å². The second kappa shape index (κ2) is 5.16. The molecule has 1 aromatic rings. The van der Waals surface area contributed by atoms with E-state index in [1.165, 1.54) is 18.2 Å². The van der Waals surface area contributed by atoms with Crippen LogP contribution in [0.1, 0.15) is 19.3 Å². The summed E-state index contributed by atoms with van der Waals surface area (Å²) in [5.41, 5.74) is -0.928. The van der Waals surface area contributed by atoms with Gasteiger partial charge in [0.25, 0.3) is 0 Å². The van der Waals surface area contributed by atoms with Crippen molar-refractivity contribution in [1.82, 2.24) is 4.98 Å². The van der Waals surface area contributed by atoms with Crippen molar-refractivity contribution in [3.05, 3.63) is 36.3 Å². The molecule has 0 saturated carbocycles. The van der Waals surface area contributed by atoms with Gasteiger partial charge in [-0.15, -0.1) is 0 Å². The number of pyridine rings is 1. The molecule has 0 spiro atoms. The van der Waals surface area contributed by atoms with Crippen LogP contribution in [0, 0.1) is 11.4 Å². The van der Waals surface area contributed by atoms with Crippen molar-refractivity contribution < 1.29 is 19.0 Å². The lowest BCUT2D eigenvalue weighted by Gasteiger charge is -2.29. The number of allylic oxidation sites excluding steroid dienone is 2. The maximum Gasteiger partial charge on any atom is 0.313 e. The molecule has 1 aliphatic rings. The highest BCUT2D eigenvalue weighted by molar-refractivity contribution is 5.75. The largest absolute Gasteiger partial charge is 0.481 e. The van der Waals surface area contributed by atoms with Gasteiger partial charge < -0.3 is 9.84 Å². The van der Waals surface area contributed by atoms with Crippen LogP contribution in [-0.4, -0.2) is 22.7 Å². The maximum absolute atomic E-state index is 12.9. The Hall–Kier alpha value is -1.91. The Balaban J connectivity index is 2.07. The molecule has 96 valence electrons. The topological polar surface area (TPSA) is 59.4 Å². The quantitative estimate of drug-likeness (QED) is 0.659. The van der Waals surface area contributed by atoms with E-state index in [2.05, 4.69) is 4.98 Å². The molecule has 1 atom stereocenters. The van der Waals surface area contributed by atoms with Crippen LogP contribution in [0.3, 0.4) is 0 Å². The highest BCUT2D eigenvalue weighted by Crippen LogP contribution is 2.33. The second-order valence-electron chi connectivity index (χ2n) is 4.39. The summed E-state index contributed by atoms with van der Waals surface area (Å²) >= 11 is 0. The van der Waals surface area contributed by atoms with Crippen LogP contribution in [0.2, 0.25) is 0 Å². The molecule has 0 radical (unpaired) electrons. The summed E-state index contributed by atoms with van der Waals surface area (Å²) in [6, 6.07) is 4.20. The van der Waals surface area contributed by atoms with Crippen molar-refractivity contribution >= 4 is 5.97 Å².